The lowest BCUT2D eigenvalue weighted by atomic mass is 10.00. The summed E-state index contributed by atoms with van der Waals surface area (Å²) in [6.45, 7) is 4.44. The molecular weight excluding hydrogens is 458 g/mol. The maximum atomic E-state index is 13.0. The van der Waals surface area contributed by atoms with Gasteiger partial charge >= 0.3 is 5.69 Å². The Morgan fingerprint density at radius 2 is 2.00 bits per heavy atom. The van der Waals surface area contributed by atoms with E-state index >= 15 is 0 Å². The molecule has 3 aromatic heterocycles. The van der Waals surface area contributed by atoms with Gasteiger partial charge in [0.15, 0.2) is 10.9 Å². The van der Waals surface area contributed by atoms with E-state index in [0.29, 0.717) is 17.6 Å². The molecule has 11 nitrogen and oxygen atoms in total. The molecular formula is C22H27N7O4S. The van der Waals surface area contributed by atoms with Gasteiger partial charge in [0.1, 0.15) is 17.1 Å². The van der Waals surface area contributed by atoms with Gasteiger partial charge in [0, 0.05) is 19.1 Å². The van der Waals surface area contributed by atoms with Gasteiger partial charge < -0.3 is 15.1 Å². The third-order valence-corrected chi connectivity index (χ3v) is 7.33. The van der Waals surface area contributed by atoms with Crippen molar-refractivity contribution >= 4 is 29.3 Å². The molecule has 34 heavy (non-hydrogen) atoms. The molecule has 0 aromatic carbocycles. The number of Topliss-reactive ketones (excluding diaryl/α,β-unsaturated/α-hetero) is 1. The molecule has 0 spiro atoms. The molecule has 3 aromatic rings. The van der Waals surface area contributed by atoms with Crippen LogP contribution in [0.25, 0.3) is 0 Å². The highest BCUT2D eigenvalue weighted by Gasteiger charge is 2.30. The first-order valence-electron chi connectivity index (χ1n) is 11.4. The SMILES string of the molecule is CC1CCN(c2nnc(SCC(=O)c3c(N)n(C4CC4)c(=O)[nH]c3=O)n2Cc2ccco2)CC1. The molecule has 4 heterocycles. The lowest BCUT2D eigenvalue weighted by Gasteiger charge is -2.31. The molecule has 180 valence electrons. The molecule has 0 amide bonds. The molecule has 2 aliphatic rings. The number of hydrogen-bond donors (Lipinski definition) is 2. The van der Waals surface area contributed by atoms with Crippen LogP contribution in [-0.4, -0.2) is 48.9 Å². The van der Waals surface area contributed by atoms with Crippen LogP contribution in [0.3, 0.4) is 0 Å². The number of carbonyl (C=O) groups is 1. The fourth-order valence-electron chi connectivity index (χ4n) is 4.26. The summed E-state index contributed by atoms with van der Waals surface area (Å²) in [5.41, 5.74) is 4.58. The summed E-state index contributed by atoms with van der Waals surface area (Å²) < 4.78 is 8.78. The minimum atomic E-state index is -0.759. The highest BCUT2D eigenvalue weighted by atomic mass is 32.2. The van der Waals surface area contributed by atoms with Crippen molar-refractivity contribution in [1.29, 1.82) is 0 Å². The van der Waals surface area contributed by atoms with Crippen molar-refractivity contribution in [1.82, 2.24) is 24.3 Å². The Balaban J connectivity index is 1.39. The zero-order valence-corrected chi connectivity index (χ0v) is 19.7. The van der Waals surface area contributed by atoms with Crippen LogP contribution in [0, 0.1) is 5.92 Å². The van der Waals surface area contributed by atoms with Crippen LogP contribution in [0.1, 0.15) is 54.8 Å². The first-order chi connectivity index (χ1) is 16.4. The largest absolute Gasteiger partial charge is 0.467 e. The van der Waals surface area contributed by atoms with Gasteiger partial charge in [-0.3, -0.25) is 23.7 Å². The number of rotatable bonds is 8. The quantitative estimate of drug-likeness (QED) is 0.361. The van der Waals surface area contributed by atoms with Gasteiger partial charge in [0.25, 0.3) is 5.56 Å². The lowest BCUT2D eigenvalue weighted by Crippen LogP contribution is -2.36. The van der Waals surface area contributed by atoms with Crippen molar-refractivity contribution in [3.63, 3.8) is 0 Å². The Morgan fingerprint density at radius 1 is 1.24 bits per heavy atom. The predicted molar refractivity (Wildman–Crippen MR) is 128 cm³/mol. The normalized spacial score (nSPS) is 16.8. The van der Waals surface area contributed by atoms with E-state index in [-0.39, 0.29) is 23.2 Å². The minimum Gasteiger partial charge on any atom is -0.467 e. The van der Waals surface area contributed by atoms with Crippen LogP contribution < -0.4 is 21.9 Å². The highest BCUT2D eigenvalue weighted by molar-refractivity contribution is 7.99. The van der Waals surface area contributed by atoms with Crippen molar-refractivity contribution in [2.75, 3.05) is 29.5 Å². The number of nitrogens with one attached hydrogen (secondary N) is 1. The van der Waals surface area contributed by atoms with Gasteiger partial charge in [-0.05, 0) is 43.7 Å². The van der Waals surface area contributed by atoms with E-state index in [0.717, 1.165) is 50.5 Å². The lowest BCUT2D eigenvalue weighted by molar-refractivity contribution is 0.102. The fourth-order valence-corrected chi connectivity index (χ4v) is 5.07. The van der Waals surface area contributed by atoms with Crippen molar-refractivity contribution in [2.45, 2.75) is 50.4 Å². The third kappa shape index (κ3) is 4.41. The van der Waals surface area contributed by atoms with E-state index in [1.54, 1.807) is 6.26 Å². The number of nitrogens with two attached hydrogens (primary N) is 1. The average Bonchev–Trinajstić information content (AvgIpc) is 3.34. The fraction of sp³-hybridized carbons (Fsp3) is 0.500. The average molecular weight is 486 g/mol. The number of piperidine rings is 1. The standard InChI is InChI=1S/C22H27N7O4S/c1-13-6-8-27(9-7-13)20-25-26-22(28(20)11-15-3-2-10-33-15)34-12-16(30)17-18(23)29(14-4-5-14)21(32)24-19(17)31/h2-3,10,13-14H,4-9,11-12,23H2,1H3,(H,24,31,32). The number of thioether (sulfide) groups is 1. The van der Waals surface area contributed by atoms with E-state index in [2.05, 4.69) is 27.0 Å². The minimum absolute atomic E-state index is 0.0604. The Hall–Kier alpha value is -3.28. The summed E-state index contributed by atoms with van der Waals surface area (Å²) in [5.74, 6) is 1.56. The Bertz CT molecular complexity index is 1300. The summed E-state index contributed by atoms with van der Waals surface area (Å²) >= 11 is 1.18. The van der Waals surface area contributed by atoms with Crippen molar-refractivity contribution in [2.24, 2.45) is 5.92 Å². The Labute approximate surface area is 199 Å². The number of nitrogens with zero attached hydrogens (tertiary/aromatic N) is 5. The molecule has 3 N–H and O–H groups in total. The third-order valence-electron chi connectivity index (χ3n) is 6.36. The number of nitrogen functional groups attached to an aromatic ring is 1. The van der Waals surface area contributed by atoms with E-state index < -0.39 is 17.0 Å². The monoisotopic (exact) mass is 485 g/mol. The molecule has 1 saturated carbocycles. The van der Waals surface area contributed by atoms with Gasteiger partial charge in [0.2, 0.25) is 5.95 Å². The van der Waals surface area contributed by atoms with Crippen LogP contribution >= 0.6 is 11.8 Å². The molecule has 1 aliphatic heterocycles. The topological polar surface area (TPSA) is 145 Å². The summed E-state index contributed by atoms with van der Waals surface area (Å²) in [6.07, 6.45) is 5.36. The van der Waals surface area contributed by atoms with Gasteiger partial charge in [0.05, 0.1) is 18.6 Å². The van der Waals surface area contributed by atoms with Gasteiger partial charge in [-0.25, -0.2) is 4.79 Å². The van der Waals surface area contributed by atoms with Crippen LogP contribution in [0.2, 0.25) is 0 Å². The highest BCUT2D eigenvalue weighted by Crippen LogP contribution is 2.35. The second kappa shape index (κ2) is 9.16. The zero-order chi connectivity index (χ0) is 23.8. The number of anilines is 2. The van der Waals surface area contributed by atoms with Crippen molar-refractivity contribution < 1.29 is 9.21 Å². The number of hydrogen-bond acceptors (Lipinski definition) is 9. The molecule has 2 fully saturated rings. The van der Waals surface area contributed by atoms with E-state index in [1.165, 1.54) is 16.3 Å². The van der Waals surface area contributed by atoms with Gasteiger partial charge in [-0.1, -0.05) is 18.7 Å². The summed E-state index contributed by atoms with van der Waals surface area (Å²) in [4.78, 5) is 42.0. The number of aromatic nitrogens is 5. The van der Waals surface area contributed by atoms with Crippen LogP contribution in [0.5, 0.6) is 0 Å². The second-order valence-electron chi connectivity index (χ2n) is 8.95. The number of aromatic amines is 1. The first-order valence-corrected chi connectivity index (χ1v) is 12.4. The molecule has 0 radical (unpaired) electrons. The summed E-state index contributed by atoms with van der Waals surface area (Å²) in [7, 11) is 0. The van der Waals surface area contributed by atoms with Crippen LogP contribution in [0.15, 0.2) is 37.6 Å². The molecule has 0 bridgehead atoms. The number of H-pyrrole nitrogens is 1. The van der Waals surface area contributed by atoms with Crippen LogP contribution in [0.4, 0.5) is 11.8 Å². The van der Waals surface area contributed by atoms with Crippen LogP contribution in [-0.2, 0) is 6.54 Å². The molecule has 5 rings (SSSR count). The number of ketones is 1. The number of furan rings is 1. The molecule has 0 atom stereocenters. The Kier molecular flexibility index (Phi) is 6.07. The van der Waals surface area contributed by atoms with Gasteiger partial charge in [-0.2, -0.15) is 0 Å². The van der Waals surface area contributed by atoms with E-state index in [9.17, 15) is 14.4 Å². The number of carbonyl (C=O) groups excluding carboxylic acids is 1. The molecule has 1 aliphatic carbocycles. The maximum Gasteiger partial charge on any atom is 0.330 e. The maximum absolute atomic E-state index is 13.0. The zero-order valence-electron chi connectivity index (χ0n) is 18.9. The first kappa shape index (κ1) is 22.5. The Morgan fingerprint density at radius 3 is 2.68 bits per heavy atom. The van der Waals surface area contributed by atoms with Gasteiger partial charge in [-0.15, -0.1) is 10.2 Å². The van der Waals surface area contributed by atoms with E-state index in [4.69, 9.17) is 10.2 Å². The molecule has 0 unspecified atom stereocenters. The summed E-state index contributed by atoms with van der Waals surface area (Å²) in [6, 6.07) is 3.64. The van der Waals surface area contributed by atoms with E-state index in [1.807, 2.05) is 16.7 Å². The second-order valence-corrected chi connectivity index (χ2v) is 9.89. The smallest absolute Gasteiger partial charge is 0.330 e. The van der Waals surface area contributed by atoms with Crippen molar-refractivity contribution in [3.05, 3.63) is 50.6 Å². The summed E-state index contributed by atoms with van der Waals surface area (Å²) in [5, 5.41) is 9.30. The molecule has 1 saturated heterocycles. The predicted octanol–water partition coefficient (Wildman–Crippen LogP) is 1.90. The van der Waals surface area contributed by atoms with Crippen molar-refractivity contribution in [3.8, 4) is 0 Å². The molecule has 12 heteroatoms.